The second-order valence-corrected chi connectivity index (χ2v) is 8.40. The molecule has 0 atom stereocenters. The molecular weight excluding hydrogens is 416 g/mol. The zero-order chi connectivity index (χ0) is 23.4. The summed E-state index contributed by atoms with van der Waals surface area (Å²) in [5.74, 6) is -0.153. The minimum Gasteiger partial charge on any atom is -0.335 e. The van der Waals surface area contributed by atoms with Gasteiger partial charge in [0.2, 0.25) is 5.91 Å². The maximum atomic E-state index is 13.1. The molecular formula is C25H30N6O2. The van der Waals surface area contributed by atoms with Crippen molar-refractivity contribution < 1.29 is 9.59 Å². The van der Waals surface area contributed by atoms with Crippen LogP contribution in [0.3, 0.4) is 0 Å². The third-order valence-electron chi connectivity index (χ3n) is 6.07. The molecule has 2 amide bonds. The van der Waals surface area contributed by atoms with Crippen molar-refractivity contribution in [2.45, 2.75) is 27.2 Å². The predicted molar refractivity (Wildman–Crippen MR) is 128 cm³/mol. The summed E-state index contributed by atoms with van der Waals surface area (Å²) in [5.41, 5.74) is 5.12. The van der Waals surface area contributed by atoms with E-state index in [0.717, 1.165) is 34.6 Å². The minimum atomic E-state index is -0.119. The lowest BCUT2D eigenvalue weighted by Crippen LogP contribution is -2.50. The highest BCUT2D eigenvalue weighted by Crippen LogP contribution is 2.17. The Morgan fingerprint density at radius 3 is 2.36 bits per heavy atom. The van der Waals surface area contributed by atoms with Gasteiger partial charge in [-0.1, -0.05) is 48.0 Å². The number of nitrogens with zero attached hydrogens (tertiary/aromatic N) is 5. The molecule has 1 aliphatic rings. The largest absolute Gasteiger partial charge is 0.335 e. The maximum absolute atomic E-state index is 13.1. The van der Waals surface area contributed by atoms with E-state index in [1.807, 2.05) is 62.4 Å². The van der Waals surface area contributed by atoms with Crippen LogP contribution in [0.15, 0.2) is 48.5 Å². The molecule has 2 heterocycles. The summed E-state index contributed by atoms with van der Waals surface area (Å²) in [5, 5.41) is 11.4. The zero-order valence-electron chi connectivity index (χ0n) is 19.4. The van der Waals surface area contributed by atoms with Gasteiger partial charge >= 0.3 is 0 Å². The molecule has 1 aliphatic heterocycles. The Balaban J connectivity index is 1.33. The second-order valence-electron chi connectivity index (χ2n) is 8.40. The fourth-order valence-corrected chi connectivity index (χ4v) is 4.06. The second kappa shape index (κ2) is 9.95. The molecule has 4 rings (SSSR count). The van der Waals surface area contributed by atoms with E-state index in [-0.39, 0.29) is 11.8 Å². The number of carbonyl (C=O) groups is 2. The number of rotatable bonds is 6. The number of benzene rings is 2. The zero-order valence-corrected chi connectivity index (χ0v) is 19.4. The Labute approximate surface area is 194 Å². The van der Waals surface area contributed by atoms with Crippen molar-refractivity contribution >= 4 is 17.5 Å². The Hall–Kier alpha value is -3.52. The van der Waals surface area contributed by atoms with Crippen LogP contribution in [0, 0.1) is 13.8 Å². The van der Waals surface area contributed by atoms with Crippen LogP contribution in [0.4, 0.5) is 5.69 Å². The summed E-state index contributed by atoms with van der Waals surface area (Å²) < 4.78 is 1.70. The Morgan fingerprint density at radius 2 is 1.67 bits per heavy atom. The molecule has 1 saturated heterocycles. The van der Waals surface area contributed by atoms with Gasteiger partial charge in [0.25, 0.3) is 5.91 Å². The molecule has 8 heteroatoms. The van der Waals surface area contributed by atoms with Crippen LogP contribution < -0.4 is 5.32 Å². The maximum Gasteiger partial charge on any atom is 0.276 e. The van der Waals surface area contributed by atoms with Gasteiger partial charge < -0.3 is 10.2 Å². The summed E-state index contributed by atoms with van der Waals surface area (Å²) in [7, 11) is 0. The number of aromatic nitrogens is 3. The molecule has 1 N–H and O–H groups in total. The standard InChI is InChI=1S/C25H30N6O2/c1-4-20-7-5-6-8-22(20)26-23(32)17-29-13-15-30(16-14-29)25(33)24-19(3)31(28-27-24)21-11-9-18(2)10-12-21/h5-12H,4,13-17H2,1-3H3,(H,26,32). The highest BCUT2D eigenvalue weighted by molar-refractivity contribution is 5.94. The van der Waals surface area contributed by atoms with Crippen LogP contribution in [-0.2, 0) is 11.2 Å². The number of aryl methyl sites for hydroxylation is 2. The lowest BCUT2D eigenvalue weighted by Gasteiger charge is -2.34. The lowest BCUT2D eigenvalue weighted by molar-refractivity contribution is -0.117. The Kier molecular flexibility index (Phi) is 6.84. The first-order chi connectivity index (χ1) is 16.0. The van der Waals surface area contributed by atoms with Crippen molar-refractivity contribution in [2.75, 3.05) is 38.0 Å². The fourth-order valence-electron chi connectivity index (χ4n) is 4.06. The quantitative estimate of drug-likeness (QED) is 0.630. The van der Waals surface area contributed by atoms with E-state index in [1.54, 1.807) is 9.58 Å². The van der Waals surface area contributed by atoms with E-state index < -0.39 is 0 Å². The number of nitrogens with one attached hydrogen (secondary N) is 1. The summed E-state index contributed by atoms with van der Waals surface area (Å²) in [6.45, 7) is 8.65. The SMILES string of the molecule is CCc1ccccc1NC(=O)CN1CCN(C(=O)c2nnn(-c3ccc(C)cc3)c2C)CC1. The third-order valence-corrected chi connectivity index (χ3v) is 6.07. The average Bonchev–Trinajstić information content (AvgIpc) is 3.21. The summed E-state index contributed by atoms with van der Waals surface area (Å²) >= 11 is 0. The number of carbonyl (C=O) groups excluding carboxylic acids is 2. The summed E-state index contributed by atoms with van der Waals surface area (Å²) in [4.78, 5) is 29.5. The fraction of sp³-hybridized carbons (Fsp3) is 0.360. The molecule has 3 aromatic rings. The van der Waals surface area contributed by atoms with Crippen molar-refractivity contribution in [1.82, 2.24) is 24.8 Å². The Morgan fingerprint density at radius 1 is 0.970 bits per heavy atom. The lowest BCUT2D eigenvalue weighted by atomic mass is 10.1. The smallest absolute Gasteiger partial charge is 0.276 e. The van der Waals surface area contributed by atoms with Gasteiger partial charge in [-0.25, -0.2) is 4.68 Å². The van der Waals surface area contributed by atoms with Crippen LogP contribution in [0.2, 0.25) is 0 Å². The Bertz CT molecular complexity index is 1130. The van der Waals surface area contributed by atoms with Gasteiger partial charge in [-0.05, 0) is 44.0 Å². The van der Waals surface area contributed by atoms with E-state index in [9.17, 15) is 9.59 Å². The number of piperazine rings is 1. The summed E-state index contributed by atoms with van der Waals surface area (Å²) in [6, 6.07) is 15.8. The highest BCUT2D eigenvalue weighted by Gasteiger charge is 2.27. The van der Waals surface area contributed by atoms with Crippen molar-refractivity contribution in [2.24, 2.45) is 0 Å². The number of hydrogen-bond donors (Lipinski definition) is 1. The molecule has 0 unspecified atom stereocenters. The molecule has 172 valence electrons. The number of hydrogen-bond acceptors (Lipinski definition) is 5. The normalized spacial score (nSPS) is 14.3. The topological polar surface area (TPSA) is 83.4 Å². The first-order valence-electron chi connectivity index (χ1n) is 11.3. The highest BCUT2D eigenvalue weighted by atomic mass is 16.2. The monoisotopic (exact) mass is 446 g/mol. The van der Waals surface area contributed by atoms with E-state index in [0.29, 0.717) is 38.4 Å². The van der Waals surface area contributed by atoms with Crippen LogP contribution >= 0.6 is 0 Å². The van der Waals surface area contributed by atoms with Crippen molar-refractivity contribution in [1.29, 1.82) is 0 Å². The van der Waals surface area contributed by atoms with Crippen molar-refractivity contribution in [3.8, 4) is 5.69 Å². The number of anilines is 1. The molecule has 0 bridgehead atoms. The number of para-hydroxylation sites is 1. The molecule has 33 heavy (non-hydrogen) atoms. The van der Waals surface area contributed by atoms with E-state index in [4.69, 9.17) is 0 Å². The first-order valence-corrected chi connectivity index (χ1v) is 11.3. The van der Waals surface area contributed by atoms with E-state index >= 15 is 0 Å². The minimum absolute atomic E-state index is 0.0347. The molecule has 1 fully saturated rings. The van der Waals surface area contributed by atoms with Crippen molar-refractivity contribution in [3.63, 3.8) is 0 Å². The van der Waals surface area contributed by atoms with Gasteiger partial charge in [0, 0.05) is 31.9 Å². The van der Waals surface area contributed by atoms with Crippen LogP contribution in [0.25, 0.3) is 5.69 Å². The van der Waals surface area contributed by atoms with Crippen molar-refractivity contribution in [3.05, 3.63) is 71.0 Å². The van der Waals surface area contributed by atoms with Crippen LogP contribution in [0.5, 0.6) is 0 Å². The van der Waals surface area contributed by atoms with Gasteiger partial charge in [-0.3, -0.25) is 14.5 Å². The molecule has 0 saturated carbocycles. The van der Waals surface area contributed by atoms with Gasteiger partial charge in [-0.15, -0.1) is 5.10 Å². The molecule has 1 aromatic heterocycles. The first kappa shape index (κ1) is 22.7. The number of amides is 2. The van der Waals surface area contributed by atoms with Crippen LogP contribution in [-0.4, -0.2) is 69.3 Å². The van der Waals surface area contributed by atoms with Gasteiger partial charge in [0.15, 0.2) is 5.69 Å². The molecule has 0 aliphatic carbocycles. The molecule has 0 spiro atoms. The summed E-state index contributed by atoms with van der Waals surface area (Å²) in [6.07, 6.45) is 0.866. The van der Waals surface area contributed by atoms with Gasteiger partial charge in [-0.2, -0.15) is 0 Å². The van der Waals surface area contributed by atoms with E-state index in [2.05, 4.69) is 27.5 Å². The molecule has 0 radical (unpaired) electrons. The van der Waals surface area contributed by atoms with Gasteiger partial charge in [0.1, 0.15) is 0 Å². The predicted octanol–water partition coefficient (Wildman–Crippen LogP) is 2.84. The van der Waals surface area contributed by atoms with E-state index in [1.165, 1.54) is 0 Å². The molecule has 2 aromatic carbocycles. The van der Waals surface area contributed by atoms with Crippen LogP contribution in [0.1, 0.15) is 34.2 Å². The average molecular weight is 447 g/mol. The van der Waals surface area contributed by atoms with Gasteiger partial charge in [0.05, 0.1) is 17.9 Å². The molecule has 8 nitrogen and oxygen atoms in total. The third kappa shape index (κ3) is 5.12.